The monoisotopic (exact) mass is 536 g/mol. The molecule has 2 aromatic carbocycles. The van der Waals surface area contributed by atoms with Gasteiger partial charge in [0.25, 0.3) is 0 Å². The van der Waals surface area contributed by atoms with Gasteiger partial charge in [-0.3, -0.25) is 0 Å². The lowest BCUT2D eigenvalue weighted by atomic mass is 9.76. The molecular weight excluding hydrogens is 484 g/mol. The molecule has 216 valence electrons. The number of unbranched alkanes of at least 4 members (excludes halogenated alkanes) is 2. The van der Waals surface area contributed by atoms with Crippen LogP contribution in [0.2, 0.25) is 0 Å². The highest BCUT2D eigenvalue weighted by Crippen LogP contribution is 2.39. The van der Waals surface area contributed by atoms with Crippen molar-refractivity contribution >= 4 is 10.8 Å². The van der Waals surface area contributed by atoms with E-state index in [0.717, 1.165) is 44.1 Å². The first-order valence-electron chi connectivity index (χ1n) is 15.7. The van der Waals surface area contributed by atoms with Crippen LogP contribution in [-0.2, 0) is 9.47 Å². The molecular formula is C35H52O4. The van der Waals surface area contributed by atoms with Crippen molar-refractivity contribution in [2.45, 2.75) is 115 Å². The number of ether oxygens (including phenoxy) is 2. The summed E-state index contributed by atoms with van der Waals surface area (Å²) >= 11 is 0. The van der Waals surface area contributed by atoms with Crippen molar-refractivity contribution in [3.05, 3.63) is 59.7 Å². The third-order valence-electron chi connectivity index (χ3n) is 9.33. The molecule has 4 rings (SSSR count). The second kappa shape index (κ2) is 15.3. The van der Waals surface area contributed by atoms with Crippen LogP contribution in [0.4, 0.5) is 0 Å². The number of fused-ring (bicyclic) bond motifs is 1. The molecule has 0 amide bonds. The number of hydrogen-bond acceptors (Lipinski definition) is 4. The normalized spacial score (nSPS) is 25.4. The Morgan fingerprint density at radius 1 is 0.949 bits per heavy atom. The average molecular weight is 537 g/mol. The van der Waals surface area contributed by atoms with E-state index in [1.807, 2.05) is 0 Å². The van der Waals surface area contributed by atoms with Gasteiger partial charge in [-0.2, -0.15) is 0 Å². The summed E-state index contributed by atoms with van der Waals surface area (Å²) in [6, 6.07) is 14.2. The van der Waals surface area contributed by atoms with Crippen LogP contribution in [0.25, 0.3) is 10.8 Å². The molecule has 0 radical (unpaired) electrons. The molecule has 4 atom stereocenters. The zero-order chi connectivity index (χ0) is 27.6. The van der Waals surface area contributed by atoms with Crippen LogP contribution in [-0.4, -0.2) is 42.4 Å². The number of benzene rings is 2. The summed E-state index contributed by atoms with van der Waals surface area (Å²) in [7, 11) is 0. The molecule has 2 aromatic rings. The minimum Gasteiger partial charge on any atom is -0.396 e. The van der Waals surface area contributed by atoms with Gasteiger partial charge in [0.05, 0.1) is 19.3 Å². The summed E-state index contributed by atoms with van der Waals surface area (Å²) in [5.74, 6) is 2.13. The van der Waals surface area contributed by atoms with Crippen molar-refractivity contribution in [1.82, 2.24) is 0 Å². The lowest BCUT2D eigenvalue weighted by Crippen LogP contribution is -2.27. The van der Waals surface area contributed by atoms with Crippen LogP contribution in [0.1, 0.15) is 114 Å². The van der Waals surface area contributed by atoms with Gasteiger partial charge in [0.2, 0.25) is 0 Å². The fraction of sp³-hybridized carbons (Fsp3) is 0.657. The smallest absolute Gasteiger partial charge is 0.176 e. The van der Waals surface area contributed by atoms with Gasteiger partial charge in [-0.25, -0.2) is 0 Å². The largest absolute Gasteiger partial charge is 0.396 e. The Labute approximate surface area is 236 Å². The second-order valence-corrected chi connectivity index (χ2v) is 12.5. The van der Waals surface area contributed by atoms with Crippen molar-refractivity contribution in [1.29, 1.82) is 0 Å². The summed E-state index contributed by atoms with van der Waals surface area (Å²) in [6.07, 6.45) is 14.3. The maximum absolute atomic E-state index is 9.78. The SMILES string of the molecule is C=C(C)C(O)OCC(CO)CCC1CCC(c2ccc3cc(C4CCC(CCCCC)CC4)ccc3c2)CO1. The molecule has 2 aliphatic rings. The predicted molar refractivity (Wildman–Crippen MR) is 161 cm³/mol. The van der Waals surface area contributed by atoms with Crippen LogP contribution in [0.5, 0.6) is 0 Å². The Morgan fingerprint density at radius 2 is 1.62 bits per heavy atom. The Morgan fingerprint density at radius 3 is 2.21 bits per heavy atom. The third-order valence-corrected chi connectivity index (χ3v) is 9.33. The molecule has 0 aromatic heterocycles. The van der Waals surface area contributed by atoms with Gasteiger partial charge in [-0.05, 0) is 97.6 Å². The standard InChI is InChI=1S/C35H52O4/c1-4-5-6-7-26-8-11-28(12-9-26)29-13-14-31-21-32(16-15-30(31)20-29)33-17-19-34(38-24-33)18-10-27(22-36)23-39-35(37)25(2)3/h13-16,20-21,26-28,33-37H,2,4-12,17-19,22-24H2,1,3H3. The molecule has 0 spiro atoms. The fourth-order valence-electron chi connectivity index (χ4n) is 6.57. The van der Waals surface area contributed by atoms with Crippen LogP contribution in [0.3, 0.4) is 0 Å². The van der Waals surface area contributed by atoms with E-state index in [9.17, 15) is 10.2 Å². The zero-order valence-electron chi connectivity index (χ0n) is 24.5. The van der Waals surface area contributed by atoms with Crippen molar-refractivity contribution in [3.8, 4) is 0 Å². The maximum atomic E-state index is 9.78. The van der Waals surface area contributed by atoms with E-state index in [-0.39, 0.29) is 18.6 Å². The van der Waals surface area contributed by atoms with Gasteiger partial charge in [-0.15, -0.1) is 0 Å². The van der Waals surface area contributed by atoms with E-state index >= 15 is 0 Å². The van der Waals surface area contributed by atoms with E-state index in [2.05, 4.69) is 49.9 Å². The van der Waals surface area contributed by atoms with Crippen LogP contribution < -0.4 is 0 Å². The molecule has 0 bridgehead atoms. The highest BCUT2D eigenvalue weighted by molar-refractivity contribution is 5.84. The first-order chi connectivity index (χ1) is 19.0. The molecule has 39 heavy (non-hydrogen) atoms. The van der Waals surface area contributed by atoms with Gasteiger partial charge in [0, 0.05) is 18.4 Å². The van der Waals surface area contributed by atoms with Crippen molar-refractivity contribution in [2.75, 3.05) is 19.8 Å². The first kappa shape index (κ1) is 30.2. The van der Waals surface area contributed by atoms with Gasteiger partial charge < -0.3 is 19.7 Å². The van der Waals surface area contributed by atoms with Crippen molar-refractivity contribution in [2.24, 2.45) is 11.8 Å². The molecule has 1 saturated heterocycles. The quantitative estimate of drug-likeness (QED) is 0.145. The molecule has 1 heterocycles. The van der Waals surface area contributed by atoms with Gasteiger partial charge in [0.15, 0.2) is 6.29 Å². The van der Waals surface area contributed by atoms with E-state index < -0.39 is 6.29 Å². The van der Waals surface area contributed by atoms with Gasteiger partial charge in [-0.1, -0.05) is 75.6 Å². The Balaban J connectivity index is 1.24. The van der Waals surface area contributed by atoms with E-state index in [0.29, 0.717) is 18.1 Å². The average Bonchev–Trinajstić information content (AvgIpc) is 2.97. The Bertz CT molecular complexity index is 1020. The summed E-state index contributed by atoms with van der Waals surface area (Å²) in [5, 5.41) is 22.2. The van der Waals surface area contributed by atoms with Gasteiger partial charge in [0.1, 0.15) is 0 Å². The minimum absolute atomic E-state index is 0.00605. The Hall–Kier alpha value is -1.72. The summed E-state index contributed by atoms with van der Waals surface area (Å²) in [4.78, 5) is 0. The maximum Gasteiger partial charge on any atom is 0.176 e. The second-order valence-electron chi connectivity index (χ2n) is 12.5. The van der Waals surface area contributed by atoms with Gasteiger partial charge >= 0.3 is 0 Å². The Kier molecular flexibility index (Phi) is 11.9. The molecule has 1 aliphatic heterocycles. The van der Waals surface area contributed by atoms with Crippen molar-refractivity contribution < 1.29 is 19.7 Å². The molecule has 1 saturated carbocycles. The molecule has 4 heteroatoms. The number of aliphatic hydroxyl groups is 2. The first-order valence-corrected chi connectivity index (χ1v) is 15.7. The number of aliphatic hydroxyl groups excluding tert-OH is 2. The summed E-state index contributed by atoms with van der Waals surface area (Å²) < 4.78 is 11.7. The number of hydrogen-bond donors (Lipinski definition) is 2. The van der Waals surface area contributed by atoms with Crippen LogP contribution in [0.15, 0.2) is 48.6 Å². The lowest BCUT2D eigenvalue weighted by molar-refractivity contribution is -0.0907. The van der Waals surface area contributed by atoms with E-state index in [4.69, 9.17) is 9.47 Å². The van der Waals surface area contributed by atoms with Crippen LogP contribution in [0, 0.1) is 11.8 Å². The predicted octanol–water partition coefficient (Wildman–Crippen LogP) is 8.26. The molecule has 1 aliphatic carbocycles. The fourth-order valence-corrected chi connectivity index (χ4v) is 6.57. The lowest BCUT2D eigenvalue weighted by Gasteiger charge is -2.30. The van der Waals surface area contributed by atoms with Crippen LogP contribution >= 0.6 is 0 Å². The molecule has 2 fully saturated rings. The molecule has 4 nitrogen and oxygen atoms in total. The topological polar surface area (TPSA) is 58.9 Å². The highest BCUT2D eigenvalue weighted by Gasteiger charge is 2.25. The van der Waals surface area contributed by atoms with E-state index in [1.54, 1.807) is 6.92 Å². The zero-order valence-corrected chi connectivity index (χ0v) is 24.5. The summed E-state index contributed by atoms with van der Waals surface area (Å²) in [5.41, 5.74) is 3.50. The molecule has 2 N–H and O–H groups in total. The molecule has 4 unspecified atom stereocenters. The summed E-state index contributed by atoms with van der Waals surface area (Å²) in [6.45, 7) is 8.88. The third kappa shape index (κ3) is 8.88. The highest BCUT2D eigenvalue weighted by atomic mass is 16.6. The minimum atomic E-state index is -0.959. The van der Waals surface area contributed by atoms with E-state index in [1.165, 1.54) is 73.3 Å². The number of rotatable bonds is 14. The van der Waals surface area contributed by atoms with Crippen molar-refractivity contribution in [3.63, 3.8) is 0 Å².